The molecule has 84 valence electrons. The molecule has 0 unspecified atom stereocenters. The molecular formula is C10H15NO3S. The summed E-state index contributed by atoms with van der Waals surface area (Å²) in [5.74, 6) is 6.62. The predicted molar refractivity (Wildman–Crippen MR) is 60.3 cm³/mol. The molecule has 0 atom stereocenters. The van der Waals surface area contributed by atoms with Gasteiger partial charge in [-0.3, -0.25) is 4.84 Å². The summed E-state index contributed by atoms with van der Waals surface area (Å²) in [7, 11) is 3.25. The van der Waals surface area contributed by atoms with Gasteiger partial charge in [-0.15, -0.1) is 11.8 Å². The van der Waals surface area contributed by atoms with Crippen molar-refractivity contribution in [1.29, 1.82) is 0 Å². The average molecular weight is 229 g/mol. The van der Waals surface area contributed by atoms with Gasteiger partial charge in [-0.2, -0.15) is 0 Å². The van der Waals surface area contributed by atoms with E-state index in [1.807, 2.05) is 18.4 Å². The number of nitrogens with two attached hydrogens (primary N) is 1. The summed E-state index contributed by atoms with van der Waals surface area (Å²) in [6.45, 7) is 0.300. The minimum absolute atomic E-state index is 0.300. The highest BCUT2D eigenvalue weighted by Crippen LogP contribution is 2.35. The van der Waals surface area contributed by atoms with Crippen LogP contribution in [0.3, 0.4) is 0 Å². The van der Waals surface area contributed by atoms with Crippen molar-refractivity contribution < 1.29 is 14.3 Å². The maximum Gasteiger partial charge on any atom is 0.138 e. The van der Waals surface area contributed by atoms with Crippen molar-refractivity contribution in [3.05, 3.63) is 17.7 Å². The number of hydrogen-bond acceptors (Lipinski definition) is 5. The molecule has 0 aromatic heterocycles. The van der Waals surface area contributed by atoms with Crippen LogP contribution in [0.4, 0.5) is 0 Å². The van der Waals surface area contributed by atoms with E-state index >= 15 is 0 Å². The van der Waals surface area contributed by atoms with Crippen LogP contribution in [0.25, 0.3) is 0 Å². The van der Waals surface area contributed by atoms with E-state index < -0.39 is 0 Å². The molecule has 1 rings (SSSR count). The molecule has 0 spiro atoms. The summed E-state index contributed by atoms with van der Waals surface area (Å²) in [6.07, 6.45) is 1.98. The summed E-state index contributed by atoms with van der Waals surface area (Å²) in [5, 5.41) is 0. The zero-order valence-corrected chi connectivity index (χ0v) is 9.89. The molecule has 0 bridgehead atoms. The molecule has 0 aliphatic heterocycles. The summed E-state index contributed by atoms with van der Waals surface area (Å²) < 4.78 is 10.5. The Kier molecular flexibility index (Phi) is 4.74. The smallest absolute Gasteiger partial charge is 0.138 e. The van der Waals surface area contributed by atoms with Crippen LogP contribution in [0, 0.1) is 0 Å². The van der Waals surface area contributed by atoms with Crippen LogP contribution < -0.4 is 15.4 Å². The quantitative estimate of drug-likeness (QED) is 0.616. The predicted octanol–water partition coefficient (Wildman–Crippen LogP) is 1.82. The van der Waals surface area contributed by atoms with E-state index in [0.29, 0.717) is 6.61 Å². The number of methoxy groups -OCH3 is 2. The lowest BCUT2D eigenvalue weighted by molar-refractivity contribution is 0.121. The SMILES string of the molecule is COc1cc(CON)c(OC)c(SC)c1. The van der Waals surface area contributed by atoms with Crippen molar-refractivity contribution in [3.63, 3.8) is 0 Å². The maximum atomic E-state index is 5.31. The molecule has 0 aliphatic rings. The van der Waals surface area contributed by atoms with E-state index in [0.717, 1.165) is 22.0 Å². The first kappa shape index (κ1) is 12.2. The Morgan fingerprint density at radius 3 is 2.47 bits per heavy atom. The molecule has 0 saturated carbocycles. The zero-order chi connectivity index (χ0) is 11.3. The van der Waals surface area contributed by atoms with Gasteiger partial charge in [0.1, 0.15) is 11.5 Å². The fourth-order valence-corrected chi connectivity index (χ4v) is 1.96. The van der Waals surface area contributed by atoms with Gasteiger partial charge in [0, 0.05) is 5.56 Å². The van der Waals surface area contributed by atoms with Crippen molar-refractivity contribution in [1.82, 2.24) is 0 Å². The largest absolute Gasteiger partial charge is 0.497 e. The van der Waals surface area contributed by atoms with Crippen molar-refractivity contribution in [2.24, 2.45) is 5.90 Å². The third-order valence-electron chi connectivity index (χ3n) is 2.00. The monoisotopic (exact) mass is 229 g/mol. The average Bonchev–Trinajstić information content (AvgIpc) is 2.28. The van der Waals surface area contributed by atoms with Crippen LogP contribution in [-0.4, -0.2) is 20.5 Å². The van der Waals surface area contributed by atoms with E-state index in [1.54, 1.807) is 26.0 Å². The van der Waals surface area contributed by atoms with Gasteiger partial charge in [-0.05, 0) is 18.4 Å². The number of ether oxygens (including phenoxy) is 2. The van der Waals surface area contributed by atoms with E-state index in [1.165, 1.54) is 0 Å². The fourth-order valence-electron chi connectivity index (χ4n) is 1.33. The number of benzene rings is 1. The number of rotatable bonds is 5. The zero-order valence-electron chi connectivity index (χ0n) is 9.07. The minimum atomic E-state index is 0.300. The third-order valence-corrected chi connectivity index (χ3v) is 2.75. The lowest BCUT2D eigenvalue weighted by atomic mass is 10.2. The second-order valence-corrected chi connectivity index (χ2v) is 3.68. The van der Waals surface area contributed by atoms with Crippen LogP contribution in [0.5, 0.6) is 11.5 Å². The second kappa shape index (κ2) is 5.85. The third kappa shape index (κ3) is 2.77. The Morgan fingerprint density at radius 2 is 2.00 bits per heavy atom. The molecule has 1 aromatic carbocycles. The second-order valence-electron chi connectivity index (χ2n) is 2.83. The topological polar surface area (TPSA) is 53.7 Å². The summed E-state index contributed by atoms with van der Waals surface area (Å²) in [5.41, 5.74) is 0.878. The van der Waals surface area contributed by atoms with Gasteiger partial charge < -0.3 is 9.47 Å². The number of hydrogen-bond donors (Lipinski definition) is 1. The van der Waals surface area contributed by atoms with Crippen molar-refractivity contribution in [3.8, 4) is 11.5 Å². The van der Waals surface area contributed by atoms with E-state index in [9.17, 15) is 0 Å². The molecule has 0 heterocycles. The lowest BCUT2D eigenvalue weighted by Gasteiger charge is -2.13. The molecule has 4 nitrogen and oxygen atoms in total. The van der Waals surface area contributed by atoms with Crippen LogP contribution in [0.2, 0.25) is 0 Å². The molecule has 1 aromatic rings. The molecule has 2 N–H and O–H groups in total. The van der Waals surface area contributed by atoms with Crippen LogP contribution in [0.15, 0.2) is 17.0 Å². The summed E-state index contributed by atoms with van der Waals surface area (Å²) in [6, 6.07) is 3.77. The highest BCUT2D eigenvalue weighted by Gasteiger charge is 2.11. The first-order valence-electron chi connectivity index (χ1n) is 4.37. The molecule has 0 amide bonds. The van der Waals surface area contributed by atoms with E-state index in [4.69, 9.17) is 15.4 Å². The number of thioether (sulfide) groups is 1. The van der Waals surface area contributed by atoms with E-state index in [2.05, 4.69) is 4.84 Å². The Morgan fingerprint density at radius 1 is 1.27 bits per heavy atom. The first-order valence-corrected chi connectivity index (χ1v) is 5.59. The Balaban J connectivity index is 3.19. The Hall–Kier alpha value is -0.910. The van der Waals surface area contributed by atoms with Gasteiger partial charge in [-0.25, -0.2) is 5.90 Å². The molecule has 0 fully saturated rings. The van der Waals surface area contributed by atoms with E-state index in [-0.39, 0.29) is 0 Å². The lowest BCUT2D eigenvalue weighted by Crippen LogP contribution is -2.02. The maximum absolute atomic E-state index is 5.31. The molecule has 0 saturated heterocycles. The molecular weight excluding hydrogens is 214 g/mol. The van der Waals surface area contributed by atoms with Gasteiger partial charge in [0.15, 0.2) is 0 Å². The van der Waals surface area contributed by atoms with Gasteiger partial charge in [-0.1, -0.05) is 0 Å². The van der Waals surface area contributed by atoms with Crippen LogP contribution >= 0.6 is 11.8 Å². The standard InChI is InChI=1S/C10H15NO3S/c1-12-8-4-7(6-14-11)10(13-2)9(5-8)15-3/h4-5H,6,11H2,1-3H3. The van der Waals surface area contributed by atoms with Crippen molar-refractivity contribution in [2.75, 3.05) is 20.5 Å². The van der Waals surface area contributed by atoms with Gasteiger partial charge in [0.25, 0.3) is 0 Å². The normalized spacial score (nSPS) is 10.1. The fraction of sp³-hybridized carbons (Fsp3) is 0.400. The van der Waals surface area contributed by atoms with Gasteiger partial charge >= 0.3 is 0 Å². The van der Waals surface area contributed by atoms with Crippen LogP contribution in [0.1, 0.15) is 5.56 Å². The first-order chi connectivity index (χ1) is 7.26. The Labute approximate surface area is 93.6 Å². The molecule has 15 heavy (non-hydrogen) atoms. The molecule has 0 aliphatic carbocycles. The summed E-state index contributed by atoms with van der Waals surface area (Å²) in [4.78, 5) is 5.63. The van der Waals surface area contributed by atoms with Crippen molar-refractivity contribution >= 4 is 11.8 Å². The highest BCUT2D eigenvalue weighted by molar-refractivity contribution is 7.98. The summed E-state index contributed by atoms with van der Waals surface area (Å²) >= 11 is 1.59. The molecule has 5 heteroatoms. The Bertz CT molecular complexity index is 331. The van der Waals surface area contributed by atoms with Crippen LogP contribution in [-0.2, 0) is 11.4 Å². The highest BCUT2D eigenvalue weighted by atomic mass is 32.2. The van der Waals surface area contributed by atoms with Gasteiger partial charge in [0.2, 0.25) is 0 Å². The molecule has 0 radical (unpaired) electrons. The van der Waals surface area contributed by atoms with Gasteiger partial charge in [0.05, 0.1) is 25.7 Å². The minimum Gasteiger partial charge on any atom is -0.497 e. The van der Waals surface area contributed by atoms with Crippen molar-refractivity contribution in [2.45, 2.75) is 11.5 Å².